The average molecular weight is 1680 g/mol. The number of nitro benzene ring substituents is 1. The second kappa shape index (κ2) is 36.9. The minimum absolute atomic E-state index is 0.0322. The van der Waals surface area contributed by atoms with Gasteiger partial charge in [-0.3, -0.25) is 38.4 Å². The molecule has 0 aliphatic heterocycles. The molecule has 34 heteroatoms. The van der Waals surface area contributed by atoms with E-state index in [4.69, 9.17) is 77.9 Å². The molecule has 0 saturated carbocycles. The van der Waals surface area contributed by atoms with Crippen molar-refractivity contribution in [3.05, 3.63) is 317 Å². The van der Waals surface area contributed by atoms with Gasteiger partial charge in [0.25, 0.3) is 22.7 Å². The zero-order valence-electron chi connectivity index (χ0n) is 58.5. The molecule has 0 aliphatic carbocycles. The summed E-state index contributed by atoms with van der Waals surface area (Å²) in [6.07, 6.45) is -17.4. The summed E-state index contributed by atoms with van der Waals surface area (Å²) in [7, 11) is 4.58. The van der Waals surface area contributed by atoms with Crippen LogP contribution in [-0.2, 0) is 24.7 Å². The van der Waals surface area contributed by atoms with E-state index in [1.165, 1.54) is 84.0 Å². The number of imidazole rings is 3. The highest BCUT2D eigenvalue weighted by molar-refractivity contribution is 6.67. The van der Waals surface area contributed by atoms with Gasteiger partial charge in [0, 0.05) is 65.1 Å². The molecule has 0 amide bonds. The van der Waals surface area contributed by atoms with Crippen LogP contribution < -0.4 is 19.9 Å². The minimum atomic E-state index is -4.52. The maximum absolute atomic E-state index is 13.3. The van der Waals surface area contributed by atoms with E-state index in [0.29, 0.717) is 105 Å². The van der Waals surface area contributed by atoms with Crippen LogP contribution in [0.25, 0.3) is 67.3 Å². The van der Waals surface area contributed by atoms with Crippen LogP contribution in [0.3, 0.4) is 0 Å². The molecule has 0 saturated heterocycles. The maximum Gasteiger partial charge on any atom is 0.416 e. The van der Waals surface area contributed by atoms with Crippen molar-refractivity contribution in [2.75, 3.05) is 27.1 Å². The van der Waals surface area contributed by atoms with Gasteiger partial charge in [0.1, 0.15) is 46.7 Å². The molecule has 11 aromatic carbocycles. The lowest BCUT2D eigenvalue weighted by Gasteiger charge is -2.11. The van der Waals surface area contributed by atoms with Crippen LogP contribution in [0.15, 0.2) is 243 Å². The van der Waals surface area contributed by atoms with Gasteiger partial charge < -0.3 is 24.9 Å². The molecule has 14 aromatic rings. The number of aromatic nitrogens is 6. The number of methoxy groups -OCH3 is 3. The molecule has 0 radical (unpaired) electrons. The Balaban J connectivity index is 0.000000165. The van der Waals surface area contributed by atoms with Gasteiger partial charge in [0.2, 0.25) is 0 Å². The predicted octanol–water partition coefficient (Wildman–Crippen LogP) is 23.5. The van der Waals surface area contributed by atoms with E-state index in [-0.39, 0.29) is 39.7 Å². The number of nitrogen functional groups attached to an aromatic ring is 1. The van der Waals surface area contributed by atoms with Crippen LogP contribution in [0.5, 0.6) is 17.2 Å². The van der Waals surface area contributed by atoms with E-state index < -0.39 is 68.9 Å². The summed E-state index contributed by atoms with van der Waals surface area (Å²) in [5, 5.41) is 11.4. The van der Waals surface area contributed by atoms with Crippen LogP contribution in [0.4, 0.5) is 64.1 Å². The third-order valence-electron chi connectivity index (χ3n) is 16.0. The van der Waals surface area contributed by atoms with Gasteiger partial charge in [-0.2, -0.15) is 52.7 Å². The Morgan fingerprint density at radius 3 is 1.27 bits per heavy atom. The van der Waals surface area contributed by atoms with Crippen molar-refractivity contribution in [3.8, 4) is 51.4 Å². The fraction of sp³-hybridized carbons (Fsp3) is 0.0875. The van der Waals surface area contributed by atoms with E-state index in [1.54, 1.807) is 141 Å². The van der Waals surface area contributed by atoms with Crippen LogP contribution in [0.2, 0.25) is 20.1 Å². The number of carbonyl (C=O) groups excluding carboxylic acids is 4. The molecule has 114 heavy (non-hydrogen) atoms. The van der Waals surface area contributed by atoms with E-state index in [1.807, 2.05) is 0 Å². The Kier molecular flexibility index (Phi) is 27.8. The van der Waals surface area contributed by atoms with Crippen molar-refractivity contribution in [1.82, 2.24) is 29.1 Å². The number of anilines is 1. The molecule has 3 aromatic heterocycles. The summed E-state index contributed by atoms with van der Waals surface area (Å²) in [5.41, 5.74) is 7.00. The summed E-state index contributed by atoms with van der Waals surface area (Å²) in [5.74, 6) is 1.55. The molecule has 0 unspecified atom stereocenters. The van der Waals surface area contributed by atoms with Gasteiger partial charge in [-0.15, -0.1) is 0 Å². The lowest BCUT2D eigenvalue weighted by Crippen LogP contribution is -2.14. The number of ether oxygens (including phenoxy) is 3. The number of nitro groups is 1. The molecule has 14 rings (SSSR count). The Labute approximate surface area is 662 Å². The van der Waals surface area contributed by atoms with E-state index in [0.717, 1.165) is 48.5 Å². The number of aromatic amines is 1. The summed E-state index contributed by atoms with van der Waals surface area (Å²) in [4.78, 5) is 73.1. The average Bonchev–Trinajstić information content (AvgIpc) is 1.61. The Hall–Kier alpha value is -12.3. The van der Waals surface area contributed by atoms with Crippen LogP contribution in [0.1, 0.15) is 63.7 Å². The van der Waals surface area contributed by atoms with Gasteiger partial charge in [-0.25, -0.2) is 15.0 Å². The van der Waals surface area contributed by atoms with Crippen molar-refractivity contribution in [2.45, 2.75) is 24.7 Å². The molecule has 0 fully saturated rings. The number of fused-ring (bicyclic) bond motifs is 3. The van der Waals surface area contributed by atoms with E-state index in [2.05, 4.69) is 19.9 Å². The topological polar surface area (TPSA) is 229 Å². The van der Waals surface area contributed by atoms with Crippen LogP contribution in [-0.4, -0.2) is 78.7 Å². The number of benzene rings is 11. The van der Waals surface area contributed by atoms with E-state index >= 15 is 0 Å². The summed E-state index contributed by atoms with van der Waals surface area (Å²) < 4.78 is 171. The van der Waals surface area contributed by atoms with Crippen molar-refractivity contribution in [1.29, 1.82) is 0 Å². The largest absolute Gasteiger partial charge is 0.497 e. The maximum atomic E-state index is 13.3. The Morgan fingerprint density at radius 1 is 0.439 bits per heavy atom. The standard InChI is InChI=1S/2C22H14ClF3N2O2.C14H8ClF3N2.C8H7ClO2.C8H5F3O.C6H5ClN2O2/c1-30-17-8-5-13(6-9-17)21(29)28-19-10-7-16(23)12-18(19)27-20(28)14-3-2-4-15(11-14)22(24,25)26;1-30-17-8-5-13(6-9-17)21(29)28-19-12-16(23)7-10-18(19)27-20(28)14-3-2-4-15(11-14)22(24,25)26;15-10-4-5-11-12(7-10)20-13(19-11)8-2-1-3-9(6-8)14(16,17)18;1-11-7-4-2-6(3-5-7)8(9)10;9-8(10,11)7-3-1-2-6(4-7)5-12;7-4-1-2-5(8)6(3-4)9(10)11/h2*2-12H,1H3;1-7H,(H,19,20);2-5H,1H3;1-5H;1-3H,8H2. The van der Waals surface area contributed by atoms with Crippen molar-refractivity contribution in [2.24, 2.45) is 0 Å². The monoisotopic (exact) mass is 1670 g/mol. The number of H-pyrrole nitrogens is 1. The van der Waals surface area contributed by atoms with Crippen LogP contribution in [0, 0.1) is 10.1 Å². The van der Waals surface area contributed by atoms with Crippen molar-refractivity contribution < 1.29 is 91.0 Å². The SMILES string of the molecule is COc1ccc(C(=O)Cl)cc1.COc1ccc(C(=O)n2c(-c3cccc(C(F)(F)F)c3)nc3cc(Cl)ccc32)cc1.COc1ccc(C(=O)n2c(-c3cccc(C(F)(F)F)c3)nc3ccc(Cl)cc32)cc1.FC(F)(F)c1cccc(-c2nc3ccc(Cl)cc3[nH]2)c1.Nc1ccc(Cl)cc1[N+](=O)[O-].O=Cc1cccc(C(F)(F)F)c1. The predicted molar refractivity (Wildman–Crippen MR) is 410 cm³/mol. The normalized spacial score (nSPS) is 11.2. The molecule has 0 bridgehead atoms. The summed E-state index contributed by atoms with van der Waals surface area (Å²) in [6.45, 7) is 0. The first-order valence-electron chi connectivity index (χ1n) is 32.4. The number of carbonyl (C=O) groups is 4. The molecule has 0 spiro atoms. The highest BCUT2D eigenvalue weighted by atomic mass is 35.5. The lowest BCUT2D eigenvalue weighted by atomic mass is 10.1. The fourth-order valence-electron chi connectivity index (χ4n) is 10.4. The lowest BCUT2D eigenvalue weighted by molar-refractivity contribution is -0.383. The highest BCUT2D eigenvalue weighted by Crippen LogP contribution is 2.38. The summed E-state index contributed by atoms with van der Waals surface area (Å²) in [6, 6.07) is 56.9. The van der Waals surface area contributed by atoms with Gasteiger partial charge >= 0.3 is 24.7 Å². The fourth-order valence-corrected chi connectivity index (χ4v) is 11.2. The van der Waals surface area contributed by atoms with Crippen molar-refractivity contribution >= 4 is 126 Å². The third kappa shape index (κ3) is 22.1. The Morgan fingerprint density at radius 2 is 0.825 bits per heavy atom. The summed E-state index contributed by atoms with van der Waals surface area (Å²) >= 11 is 28.7. The molecule has 17 nitrogen and oxygen atoms in total. The van der Waals surface area contributed by atoms with E-state index in [9.17, 15) is 82.0 Å². The van der Waals surface area contributed by atoms with Gasteiger partial charge in [-0.1, -0.05) is 94.9 Å². The van der Waals surface area contributed by atoms with Gasteiger partial charge in [0.05, 0.1) is 81.6 Å². The number of aldehydes is 1. The second-order valence-electron chi connectivity index (χ2n) is 23.6. The number of rotatable bonds is 11. The zero-order valence-corrected chi connectivity index (χ0v) is 62.3. The molecule has 3 heterocycles. The smallest absolute Gasteiger partial charge is 0.416 e. The zero-order chi connectivity index (χ0) is 83.1. The van der Waals surface area contributed by atoms with Crippen molar-refractivity contribution in [3.63, 3.8) is 0 Å². The minimum Gasteiger partial charge on any atom is -0.497 e. The highest BCUT2D eigenvalue weighted by Gasteiger charge is 2.35. The number of nitrogens with zero attached hydrogens (tertiary/aromatic N) is 6. The number of halogens is 17. The number of alkyl halides is 12. The number of nitrogens with one attached hydrogen (secondary N) is 1. The molecular formula is C80H53Cl5F12N8O9. The molecular weight excluding hydrogens is 1620 g/mol. The van der Waals surface area contributed by atoms with Gasteiger partial charge in [-0.05, 0) is 200 Å². The molecule has 586 valence electrons. The molecule has 3 N–H and O–H groups in total. The quantitative estimate of drug-likeness (QED) is 0.0307. The second-order valence-corrected chi connectivity index (χ2v) is 25.7. The first-order chi connectivity index (χ1) is 53.9. The van der Waals surface area contributed by atoms with Crippen LogP contribution >= 0.6 is 58.0 Å². The Bertz CT molecular complexity index is 5770. The number of nitrogens with two attached hydrogens (primary N) is 1. The number of hydrogen-bond acceptors (Lipinski definition) is 13. The number of hydrogen-bond donors (Lipinski definition) is 2. The van der Waals surface area contributed by atoms with Gasteiger partial charge in [0.15, 0.2) is 0 Å². The third-order valence-corrected chi connectivity index (χ3v) is 17.1. The molecule has 0 aliphatic rings. The first kappa shape index (κ1) is 85.7. The first-order valence-corrected chi connectivity index (χ1v) is 34.3. The molecule has 0 atom stereocenters.